The molecule has 1 heterocycles. The van der Waals surface area contributed by atoms with Crippen molar-refractivity contribution in [2.45, 2.75) is 19.9 Å². The maximum atomic E-state index is 11.9. The Morgan fingerprint density at radius 1 is 1.21 bits per heavy atom. The highest BCUT2D eigenvalue weighted by molar-refractivity contribution is 5.90. The number of H-pyrrole nitrogens is 1. The van der Waals surface area contributed by atoms with E-state index >= 15 is 0 Å². The summed E-state index contributed by atoms with van der Waals surface area (Å²) < 4.78 is 1.08. The van der Waals surface area contributed by atoms with Gasteiger partial charge in [-0.3, -0.25) is 23.9 Å². The van der Waals surface area contributed by atoms with Crippen LogP contribution in [-0.2, 0) is 22.6 Å². The van der Waals surface area contributed by atoms with E-state index in [2.05, 4.69) is 10.3 Å². The molecule has 0 radical (unpaired) electrons. The molecule has 0 saturated heterocycles. The third-order valence-electron chi connectivity index (χ3n) is 3.41. The smallest absolute Gasteiger partial charge is 0.328 e. The maximum Gasteiger partial charge on any atom is 0.328 e. The molecule has 1 aromatic carbocycles. The minimum atomic E-state index is -0.862. The van der Waals surface area contributed by atoms with Gasteiger partial charge in [0.25, 0.3) is 5.56 Å². The Hall–Kier alpha value is -3.16. The summed E-state index contributed by atoms with van der Waals surface area (Å²) in [7, 11) is 0. The van der Waals surface area contributed by atoms with Gasteiger partial charge in [0.1, 0.15) is 6.54 Å². The van der Waals surface area contributed by atoms with E-state index in [1.165, 1.54) is 6.20 Å². The number of hydrogen-bond acceptors (Lipinski definition) is 4. The molecule has 0 spiro atoms. The number of carbonyl (C=O) groups excluding carboxylic acids is 1. The molecule has 24 heavy (non-hydrogen) atoms. The van der Waals surface area contributed by atoms with Crippen LogP contribution in [0.25, 0.3) is 0 Å². The first-order valence-corrected chi connectivity index (χ1v) is 7.26. The molecule has 1 atom stereocenters. The highest BCUT2D eigenvalue weighted by atomic mass is 16.4. The third-order valence-corrected chi connectivity index (χ3v) is 3.41. The van der Waals surface area contributed by atoms with Crippen LogP contribution in [0.5, 0.6) is 0 Å². The average Bonchev–Trinajstić information content (AvgIpc) is 2.52. The normalized spacial score (nSPS) is 11.7. The Morgan fingerprint density at radius 3 is 2.46 bits per heavy atom. The minimum Gasteiger partial charge on any atom is -0.481 e. The number of carboxylic acids is 1. The average molecular weight is 331 g/mol. The summed E-state index contributed by atoms with van der Waals surface area (Å²) in [5.74, 6) is -1.77. The van der Waals surface area contributed by atoms with Crippen molar-refractivity contribution in [1.29, 1.82) is 0 Å². The fraction of sp³-hybridized carbons (Fsp3) is 0.250. The SMILES string of the molecule is CC(Cc1ccc(NC(=O)Cn2ccc(=O)[nH]c2=O)cc1)C(=O)O. The molecule has 1 unspecified atom stereocenters. The molecular formula is C16H17N3O5. The summed E-state index contributed by atoms with van der Waals surface area (Å²) >= 11 is 0. The van der Waals surface area contributed by atoms with Crippen LogP contribution in [0.15, 0.2) is 46.1 Å². The van der Waals surface area contributed by atoms with E-state index in [1.807, 2.05) is 0 Å². The van der Waals surface area contributed by atoms with Crippen LogP contribution in [0, 0.1) is 5.92 Å². The molecule has 8 heteroatoms. The zero-order valence-corrected chi connectivity index (χ0v) is 13.0. The monoisotopic (exact) mass is 331 g/mol. The van der Waals surface area contributed by atoms with Crippen molar-refractivity contribution < 1.29 is 14.7 Å². The molecule has 0 fully saturated rings. The number of aromatic nitrogens is 2. The maximum absolute atomic E-state index is 11.9. The Bertz CT molecular complexity index is 851. The van der Waals surface area contributed by atoms with Gasteiger partial charge < -0.3 is 10.4 Å². The molecule has 0 aliphatic carbocycles. The van der Waals surface area contributed by atoms with E-state index in [9.17, 15) is 19.2 Å². The number of aromatic amines is 1. The fourth-order valence-electron chi connectivity index (χ4n) is 2.09. The summed E-state index contributed by atoms with van der Waals surface area (Å²) in [6.07, 6.45) is 1.65. The number of aliphatic carboxylic acids is 1. The molecule has 0 bridgehead atoms. The third kappa shape index (κ3) is 4.67. The number of hydrogen-bond donors (Lipinski definition) is 3. The predicted octanol–water partition coefficient (Wildman–Crippen LogP) is 0.438. The molecule has 1 amide bonds. The number of anilines is 1. The summed E-state index contributed by atoms with van der Waals surface area (Å²) in [5, 5.41) is 11.5. The van der Waals surface area contributed by atoms with Crippen molar-refractivity contribution >= 4 is 17.6 Å². The number of nitrogens with zero attached hydrogens (tertiary/aromatic N) is 1. The first-order valence-electron chi connectivity index (χ1n) is 7.26. The largest absolute Gasteiger partial charge is 0.481 e. The standard InChI is InChI=1S/C16H17N3O5/c1-10(15(22)23)8-11-2-4-12(5-3-11)17-14(21)9-19-7-6-13(20)18-16(19)24/h2-7,10H,8-9H2,1H3,(H,17,21)(H,22,23)(H,18,20,24). The van der Waals surface area contributed by atoms with Crippen LogP contribution in [0.3, 0.4) is 0 Å². The zero-order chi connectivity index (χ0) is 17.7. The Kier molecular flexibility index (Phi) is 5.31. The minimum absolute atomic E-state index is 0.229. The van der Waals surface area contributed by atoms with Gasteiger partial charge in [0.05, 0.1) is 5.92 Å². The molecule has 3 N–H and O–H groups in total. The van der Waals surface area contributed by atoms with Gasteiger partial charge >= 0.3 is 11.7 Å². The van der Waals surface area contributed by atoms with Crippen LogP contribution < -0.4 is 16.6 Å². The molecule has 8 nitrogen and oxygen atoms in total. The second-order valence-electron chi connectivity index (χ2n) is 5.43. The topological polar surface area (TPSA) is 121 Å². The van der Waals surface area contributed by atoms with E-state index < -0.39 is 29.0 Å². The van der Waals surface area contributed by atoms with E-state index in [4.69, 9.17) is 5.11 Å². The summed E-state index contributed by atoms with van der Waals surface area (Å²) in [6, 6.07) is 7.96. The lowest BCUT2D eigenvalue weighted by Gasteiger charge is -2.09. The quantitative estimate of drug-likeness (QED) is 0.709. The van der Waals surface area contributed by atoms with Crippen molar-refractivity contribution in [1.82, 2.24) is 9.55 Å². The number of carbonyl (C=O) groups is 2. The molecule has 1 aromatic heterocycles. The molecule has 2 aromatic rings. The van der Waals surface area contributed by atoms with Crippen LogP contribution in [0.1, 0.15) is 12.5 Å². The van der Waals surface area contributed by atoms with Crippen LogP contribution in [0.2, 0.25) is 0 Å². The lowest BCUT2D eigenvalue weighted by atomic mass is 10.0. The van der Waals surface area contributed by atoms with Crippen molar-refractivity contribution in [2.75, 3.05) is 5.32 Å². The van der Waals surface area contributed by atoms with Gasteiger partial charge in [-0.1, -0.05) is 19.1 Å². The first-order chi connectivity index (χ1) is 11.3. The van der Waals surface area contributed by atoms with Crippen LogP contribution >= 0.6 is 0 Å². The predicted molar refractivity (Wildman–Crippen MR) is 86.9 cm³/mol. The van der Waals surface area contributed by atoms with Gasteiger partial charge in [-0.25, -0.2) is 4.79 Å². The Morgan fingerprint density at radius 2 is 1.88 bits per heavy atom. The zero-order valence-electron chi connectivity index (χ0n) is 13.0. The summed E-state index contributed by atoms with van der Waals surface area (Å²) in [6.45, 7) is 1.40. The molecule has 2 rings (SSSR count). The molecule has 0 saturated carbocycles. The summed E-state index contributed by atoms with van der Waals surface area (Å²) in [4.78, 5) is 47.3. The van der Waals surface area contributed by atoms with E-state index in [0.29, 0.717) is 12.1 Å². The van der Waals surface area contributed by atoms with Crippen molar-refractivity contribution in [3.63, 3.8) is 0 Å². The molecular weight excluding hydrogens is 314 g/mol. The van der Waals surface area contributed by atoms with Crippen LogP contribution in [0.4, 0.5) is 5.69 Å². The van der Waals surface area contributed by atoms with Crippen molar-refractivity contribution in [2.24, 2.45) is 5.92 Å². The highest BCUT2D eigenvalue weighted by Gasteiger charge is 2.11. The van der Waals surface area contributed by atoms with Gasteiger partial charge in [-0.05, 0) is 24.1 Å². The van der Waals surface area contributed by atoms with Crippen molar-refractivity contribution in [3.05, 3.63) is 62.9 Å². The number of rotatable bonds is 6. The highest BCUT2D eigenvalue weighted by Crippen LogP contribution is 2.13. The van der Waals surface area contributed by atoms with E-state index in [0.717, 1.165) is 16.2 Å². The van der Waals surface area contributed by atoms with Crippen LogP contribution in [-0.4, -0.2) is 26.5 Å². The number of benzene rings is 1. The number of amides is 1. The second-order valence-corrected chi connectivity index (χ2v) is 5.43. The Balaban J connectivity index is 1.98. The second kappa shape index (κ2) is 7.40. The Labute approximate surface area is 136 Å². The summed E-state index contributed by atoms with van der Waals surface area (Å²) in [5.41, 5.74) is 0.197. The number of carboxylic acid groups (broad SMARTS) is 1. The van der Waals surface area contributed by atoms with Gasteiger partial charge in [0.2, 0.25) is 5.91 Å². The van der Waals surface area contributed by atoms with Gasteiger partial charge in [0, 0.05) is 18.0 Å². The molecule has 126 valence electrons. The van der Waals surface area contributed by atoms with E-state index in [1.54, 1.807) is 31.2 Å². The van der Waals surface area contributed by atoms with Gasteiger partial charge in [-0.15, -0.1) is 0 Å². The molecule has 0 aliphatic rings. The first kappa shape index (κ1) is 17.2. The number of nitrogens with one attached hydrogen (secondary N) is 2. The lowest BCUT2D eigenvalue weighted by molar-refractivity contribution is -0.141. The fourth-order valence-corrected chi connectivity index (χ4v) is 2.09. The molecule has 0 aliphatic heterocycles. The van der Waals surface area contributed by atoms with Crippen molar-refractivity contribution in [3.8, 4) is 0 Å². The van der Waals surface area contributed by atoms with Gasteiger partial charge in [0.15, 0.2) is 0 Å². The van der Waals surface area contributed by atoms with Gasteiger partial charge in [-0.2, -0.15) is 0 Å². The van der Waals surface area contributed by atoms with E-state index in [-0.39, 0.29) is 6.54 Å². The lowest BCUT2D eigenvalue weighted by Crippen LogP contribution is -2.32.